The SMILES string of the molecule is CC(=O)CCC(=O)NC(C)c1cccc(O[Si](C)(C)C(C)(C)C)c1. The third-order valence-corrected chi connectivity index (χ3v) is 8.98. The predicted octanol–water partition coefficient (Wildman–Crippen LogP) is 4.62. The second-order valence-corrected chi connectivity index (χ2v) is 12.7. The average Bonchev–Trinajstić information content (AvgIpc) is 2.43. The van der Waals surface area contributed by atoms with Gasteiger partial charge in [-0.1, -0.05) is 32.9 Å². The molecule has 0 radical (unpaired) electrons. The molecule has 5 heteroatoms. The Kier molecular flexibility index (Phi) is 6.78. The normalized spacial score (nSPS) is 13.3. The molecule has 0 spiro atoms. The number of rotatable bonds is 7. The molecule has 4 nitrogen and oxygen atoms in total. The van der Waals surface area contributed by atoms with E-state index in [2.05, 4.69) is 39.2 Å². The van der Waals surface area contributed by atoms with Crippen molar-refractivity contribution < 1.29 is 14.0 Å². The highest BCUT2D eigenvalue weighted by Crippen LogP contribution is 2.37. The van der Waals surface area contributed by atoms with E-state index in [0.29, 0.717) is 0 Å². The topological polar surface area (TPSA) is 55.4 Å². The molecule has 1 N–H and O–H groups in total. The van der Waals surface area contributed by atoms with Crippen molar-refractivity contribution >= 4 is 20.0 Å². The molecule has 0 aliphatic rings. The molecule has 0 aromatic heterocycles. The molecule has 0 saturated carbocycles. The van der Waals surface area contributed by atoms with Crippen LogP contribution in [-0.2, 0) is 9.59 Å². The smallest absolute Gasteiger partial charge is 0.250 e. The van der Waals surface area contributed by atoms with Gasteiger partial charge < -0.3 is 14.5 Å². The van der Waals surface area contributed by atoms with Gasteiger partial charge in [0.2, 0.25) is 14.2 Å². The maximum Gasteiger partial charge on any atom is 0.250 e. The lowest BCUT2D eigenvalue weighted by molar-refractivity contribution is -0.125. The summed E-state index contributed by atoms with van der Waals surface area (Å²) in [5.74, 6) is 0.778. The van der Waals surface area contributed by atoms with Crippen molar-refractivity contribution in [2.45, 2.75) is 71.6 Å². The molecule has 134 valence electrons. The largest absolute Gasteiger partial charge is 0.543 e. The number of amides is 1. The van der Waals surface area contributed by atoms with E-state index in [1.807, 2.05) is 31.2 Å². The maximum atomic E-state index is 11.9. The highest BCUT2D eigenvalue weighted by atomic mass is 28.4. The standard InChI is InChI=1S/C19H31NO3Si/c1-14(21)11-12-18(22)20-15(2)16-9-8-10-17(13-16)23-24(6,7)19(3,4)5/h8-10,13,15H,11-12H2,1-7H3,(H,20,22). The number of nitrogens with one attached hydrogen (secondary N) is 1. The molecule has 1 unspecified atom stereocenters. The summed E-state index contributed by atoms with van der Waals surface area (Å²) in [6.45, 7) is 14.5. The Labute approximate surface area is 147 Å². The van der Waals surface area contributed by atoms with E-state index in [4.69, 9.17) is 4.43 Å². The van der Waals surface area contributed by atoms with Crippen molar-refractivity contribution in [3.05, 3.63) is 29.8 Å². The summed E-state index contributed by atoms with van der Waals surface area (Å²) < 4.78 is 6.32. The number of carbonyl (C=O) groups is 2. The van der Waals surface area contributed by atoms with E-state index < -0.39 is 8.32 Å². The third-order valence-electron chi connectivity index (χ3n) is 4.62. The van der Waals surface area contributed by atoms with E-state index in [1.54, 1.807) is 0 Å². The van der Waals surface area contributed by atoms with Gasteiger partial charge in [-0.3, -0.25) is 4.79 Å². The molecule has 0 aliphatic carbocycles. The van der Waals surface area contributed by atoms with Crippen LogP contribution in [0.2, 0.25) is 18.1 Å². The Bertz CT molecular complexity index is 591. The van der Waals surface area contributed by atoms with Crippen LogP contribution in [0.25, 0.3) is 0 Å². The lowest BCUT2D eigenvalue weighted by Gasteiger charge is -2.36. The molecule has 0 saturated heterocycles. The van der Waals surface area contributed by atoms with Crippen LogP contribution in [0.15, 0.2) is 24.3 Å². The number of hydrogen-bond donors (Lipinski definition) is 1. The van der Waals surface area contributed by atoms with Crippen molar-refractivity contribution in [3.63, 3.8) is 0 Å². The summed E-state index contributed by atoms with van der Waals surface area (Å²) in [4.78, 5) is 22.9. The Balaban J connectivity index is 2.77. The van der Waals surface area contributed by atoms with Crippen LogP contribution in [0.1, 0.15) is 59.1 Å². The number of benzene rings is 1. The molecule has 1 amide bonds. The molecule has 0 heterocycles. The van der Waals surface area contributed by atoms with Crippen LogP contribution in [0.4, 0.5) is 0 Å². The third kappa shape index (κ3) is 6.11. The first-order chi connectivity index (χ1) is 10.9. The summed E-state index contributed by atoms with van der Waals surface area (Å²) in [7, 11) is -1.89. The van der Waals surface area contributed by atoms with Gasteiger partial charge in [-0.05, 0) is 49.7 Å². The molecule has 24 heavy (non-hydrogen) atoms. The number of carbonyl (C=O) groups excluding carboxylic acids is 2. The van der Waals surface area contributed by atoms with E-state index in [1.165, 1.54) is 6.92 Å². The Morgan fingerprint density at radius 2 is 1.83 bits per heavy atom. The molecule has 1 aromatic rings. The van der Waals surface area contributed by atoms with Crippen molar-refractivity contribution in [2.24, 2.45) is 0 Å². The second-order valence-electron chi connectivity index (χ2n) is 7.93. The first kappa shape index (κ1) is 20.4. The first-order valence-corrected chi connectivity index (χ1v) is 11.4. The van der Waals surface area contributed by atoms with Gasteiger partial charge in [-0.15, -0.1) is 0 Å². The van der Waals surface area contributed by atoms with Crippen LogP contribution in [0.3, 0.4) is 0 Å². The fraction of sp³-hybridized carbons (Fsp3) is 0.579. The van der Waals surface area contributed by atoms with Crippen molar-refractivity contribution in [2.75, 3.05) is 0 Å². The summed E-state index contributed by atoms with van der Waals surface area (Å²) in [5, 5.41) is 3.07. The number of hydrogen-bond acceptors (Lipinski definition) is 3. The van der Waals surface area contributed by atoms with Gasteiger partial charge in [0, 0.05) is 12.8 Å². The highest BCUT2D eigenvalue weighted by molar-refractivity contribution is 6.74. The summed E-state index contributed by atoms with van der Waals surface area (Å²) >= 11 is 0. The lowest BCUT2D eigenvalue weighted by atomic mass is 10.1. The van der Waals surface area contributed by atoms with Crippen LogP contribution >= 0.6 is 0 Å². The monoisotopic (exact) mass is 349 g/mol. The fourth-order valence-corrected chi connectivity index (χ4v) is 3.00. The molecule has 0 aliphatic heterocycles. The van der Waals surface area contributed by atoms with Gasteiger partial charge in [0.1, 0.15) is 11.5 Å². The van der Waals surface area contributed by atoms with Gasteiger partial charge in [-0.2, -0.15) is 0 Å². The summed E-state index contributed by atoms with van der Waals surface area (Å²) in [6.07, 6.45) is 0.521. The fourth-order valence-electron chi connectivity index (χ4n) is 1.98. The van der Waals surface area contributed by atoms with E-state index in [0.717, 1.165) is 11.3 Å². The van der Waals surface area contributed by atoms with Gasteiger partial charge in [-0.25, -0.2) is 0 Å². The van der Waals surface area contributed by atoms with Crippen LogP contribution in [0, 0.1) is 0 Å². The minimum Gasteiger partial charge on any atom is -0.543 e. The van der Waals surface area contributed by atoms with Gasteiger partial charge in [0.25, 0.3) is 0 Å². The van der Waals surface area contributed by atoms with Crippen molar-refractivity contribution in [1.82, 2.24) is 5.32 Å². The zero-order valence-electron chi connectivity index (χ0n) is 16.0. The van der Waals surface area contributed by atoms with E-state index >= 15 is 0 Å². The van der Waals surface area contributed by atoms with Crippen LogP contribution in [0.5, 0.6) is 5.75 Å². The van der Waals surface area contributed by atoms with Crippen LogP contribution < -0.4 is 9.74 Å². The molecular weight excluding hydrogens is 318 g/mol. The van der Waals surface area contributed by atoms with Gasteiger partial charge in [0.15, 0.2) is 0 Å². The Morgan fingerprint density at radius 1 is 1.21 bits per heavy atom. The molecule has 1 rings (SSSR count). The zero-order chi connectivity index (χ0) is 18.5. The van der Waals surface area contributed by atoms with E-state index in [-0.39, 0.29) is 35.6 Å². The summed E-state index contributed by atoms with van der Waals surface area (Å²) in [6, 6.07) is 7.78. The Morgan fingerprint density at radius 3 is 2.38 bits per heavy atom. The van der Waals surface area contributed by atoms with Crippen LogP contribution in [-0.4, -0.2) is 20.0 Å². The Hall–Kier alpha value is -1.62. The minimum atomic E-state index is -1.89. The van der Waals surface area contributed by atoms with Crippen molar-refractivity contribution in [3.8, 4) is 5.75 Å². The first-order valence-electron chi connectivity index (χ1n) is 8.50. The second kappa shape index (κ2) is 7.97. The quantitative estimate of drug-likeness (QED) is 0.731. The molecule has 1 aromatic carbocycles. The molecule has 0 fully saturated rings. The molecule has 0 bridgehead atoms. The average molecular weight is 350 g/mol. The van der Waals surface area contributed by atoms with E-state index in [9.17, 15) is 9.59 Å². The molecular formula is C19H31NO3Si. The van der Waals surface area contributed by atoms with Gasteiger partial charge >= 0.3 is 0 Å². The highest BCUT2D eigenvalue weighted by Gasteiger charge is 2.39. The molecule has 1 atom stereocenters. The number of ketones is 1. The lowest BCUT2D eigenvalue weighted by Crippen LogP contribution is -2.43. The van der Waals surface area contributed by atoms with Gasteiger partial charge in [0.05, 0.1) is 6.04 Å². The zero-order valence-corrected chi connectivity index (χ0v) is 17.0. The minimum absolute atomic E-state index is 0.0302. The predicted molar refractivity (Wildman–Crippen MR) is 101 cm³/mol. The maximum absolute atomic E-state index is 11.9. The van der Waals surface area contributed by atoms with Crippen molar-refractivity contribution in [1.29, 1.82) is 0 Å². The summed E-state index contributed by atoms with van der Waals surface area (Å²) in [5.41, 5.74) is 1.00. The number of Topliss-reactive ketones (excluding diaryl/α,β-unsaturated/α-hetero) is 1.